The van der Waals surface area contributed by atoms with Crippen molar-refractivity contribution in [1.29, 1.82) is 0 Å². The lowest BCUT2D eigenvalue weighted by molar-refractivity contribution is 0.666. The third kappa shape index (κ3) is 14.3. The smallest absolute Gasteiger partial charge is 0.138 e. The molecule has 0 aliphatic carbocycles. The molecule has 0 aliphatic heterocycles. The van der Waals surface area contributed by atoms with Crippen molar-refractivity contribution >= 4 is 107 Å². The fourth-order valence-electron chi connectivity index (χ4n) is 12.0. The predicted molar refractivity (Wildman–Crippen MR) is 409 cm³/mol. The van der Waals surface area contributed by atoms with E-state index in [1.165, 1.54) is 140 Å². The van der Waals surface area contributed by atoms with Crippen LogP contribution < -0.4 is 0 Å². The quantitative estimate of drug-likeness (QED) is 0.176. The molecule has 0 amide bonds. The summed E-state index contributed by atoms with van der Waals surface area (Å²) in [5.41, 5.74) is 21.8. The molecule has 0 aliphatic rings. The van der Waals surface area contributed by atoms with Crippen molar-refractivity contribution in [3.05, 3.63) is 361 Å². The van der Waals surface area contributed by atoms with Gasteiger partial charge in [0.05, 0.1) is 0 Å². The molecule has 0 fully saturated rings. The molecular formula is C90H72O2S2. The Bertz CT molecular complexity index is 5290. The van der Waals surface area contributed by atoms with Gasteiger partial charge in [0.2, 0.25) is 0 Å². The van der Waals surface area contributed by atoms with Crippen LogP contribution in [0.15, 0.2) is 336 Å². The van der Waals surface area contributed by atoms with E-state index in [1.54, 1.807) is 0 Å². The highest BCUT2D eigenvalue weighted by Crippen LogP contribution is 2.37. The van der Waals surface area contributed by atoms with Crippen LogP contribution in [0.3, 0.4) is 0 Å². The van der Waals surface area contributed by atoms with Gasteiger partial charge < -0.3 is 8.83 Å². The van der Waals surface area contributed by atoms with E-state index in [2.05, 4.69) is 315 Å². The Morgan fingerprint density at radius 3 is 1.17 bits per heavy atom. The maximum Gasteiger partial charge on any atom is 0.138 e. The summed E-state index contributed by atoms with van der Waals surface area (Å²) >= 11 is 3.76. The average molecular weight is 1250 g/mol. The van der Waals surface area contributed by atoms with Gasteiger partial charge in [0, 0.05) is 61.9 Å². The van der Waals surface area contributed by atoms with Crippen molar-refractivity contribution in [1.82, 2.24) is 0 Å². The molecule has 0 saturated carbocycles. The highest BCUT2D eigenvalue weighted by atomic mass is 32.1. The molecule has 18 rings (SSSR count). The molecule has 18 aromatic rings. The largest absolute Gasteiger partial charge is 0.456 e. The SMILES string of the molecule is Cc1ccc(-c2ccc(-c3ccccc3)cc2)cc1.Cc1ccc2oc3ccccc3c2c1.Cc1ccc2sc3ccccc3c2c1.Cc1cccc(-c2ccc(-c3ccccc3)cc2)c1.Cc1cccc2c1oc1ccccc12.Cc1cccc2c1sc1ccccc12. The summed E-state index contributed by atoms with van der Waals surface area (Å²) in [4.78, 5) is 0. The Labute approximate surface area is 558 Å². The zero-order valence-electron chi connectivity index (χ0n) is 53.8. The van der Waals surface area contributed by atoms with Gasteiger partial charge >= 0.3 is 0 Å². The Hall–Kier alpha value is -10.9. The molecule has 0 radical (unpaired) electrons. The van der Waals surface area contributed by atoms with Gasteiger partial charge in [-0.05, 0) is 146 Å². The van der Waals surface area contributed by atoms with Gasteiger partial charge in [-0.3, -0.25) is 0 Å². The van der Waals surface area contributed by atoms with Gasteiger partial charge in [-0.15, -0.1) is 22.7 Å². The lowest BCUT2D eigenvalue weighted by Gasteiger charge is -2.05. The van der Waals surface area contributed by atoms with Crippen LogP contribution in [-0.2, 0) is 0 Å². The summed E-state index contributed by atoms with van der Waals surface area (Å²) in [6.07, 6.45) is 0. The molecular weight excluding hydrogens is 1180 g/mol. The molecule has 4 heterocycles. The third-order valence-corrected chi connectivity index (χ3v) is 19.5. The van der Waals surface area contributed by atoms with Crippen LogP contribution in [-0.4, -0.2) is 0 Å². The highest BCUT2D eigenvalue weighted by Gasteiger charge is 2.10. The molecule has 0 unspecified atom stereocenters. The summed E-state index contributed by atoms with van der Waals surface area (Å²) in [7, 11) is 0. The van der Waals surface area contributed by atoms with Crippen molar-refractivity contribution in [2.75, 3.05) is 0 Å². The van der Waals surface area contributed by atoms with Crippen LogP contribution >= 0.6 is 22.7 Å². The molecule has 4 aromatic heterocycles. The van der Waals surface area contributed by atoms with E-state index < -0.39 is 0 Å². The van der Waals surface area contributed by atoms with E-state index in [4.69, 9.17) is 8.83 Å². The number of furan rings is 2. The van der Waals surface area contributed by atoms with E-state index >= 15 is 0 Å². The summed E-state index contributed by atoms with van der Waals surface area (Å²) in [6.45, 7) is 12.7. The highest BCUT2D eigenvalue weighted by molar-refractivity contribution is 7.26. The van der Waals surface area contributed by atoms with Crippen LogP contribution in [0, 0.1) is 41.5 Å². The molecule has 4 heteroatoms. The van der Waals surface area contributed by atoms with Gasteiger partial charge in [-0.1, -0.05) is 301 Å². The number of fused-ring (bicyclic) bond motifs is 12. The number of hydrogen-bond donors (Lipinski definition) is 0. The topological polar surface area (TPSA) is 26.3 Å². The monoisotopic (exact) mass is 1250 g/mol. The summed E-state index contributed by atoms with van der Waals surface area (Å²) in [6, 6.07) is 115. The zero-order valence-corrected chi connectivity index (χ0v) is 55.4. The van der Waals surface area contributed by atoms with E-state index in [-0.39, 0.29) is 0 Å². The second kappa shape index (κ2) is 28.7. The molecule has 0 N–H and O–H groups in total. The van der Waals surface area contributed by atoms with Gasteiger partial charge in [-0.25, -0.2) is 0 Å². The lowest BCUT2D eigenvalue weighted by atomic mass is 9.99. The van der Waals surface area contributed by atoms with Crippen molar-refractivity contribution in [3.63, 3.8) is 0 Å². The number of para-hydroxylation sites is 3. The van der Waals surface area contributed by atoms with Crippen LogP contribution in [0.25, 0.3) is 129 Å². The average Bonchev–Trinajstić information content (AvgIpc) is 1.68. The molecule has 0 spiro atoms. The van der Waals surface area contributed by atoms with Gasteiger partial charge in [0.15, 0.2) is 0 Å². The number of thiophene rings is 2. The normalized spacial score (nSPS) is 10.9. The van der Waals surface area contributed by atoms with Crippen LogP contribution in [0.4, 0.5) is 0 Å². The Morgan fingerprint density at radius 2 is 0.574 bits per heavy atom. The van der Waals surface area contributed by atoms with Gasteiger partial charge in [0.25, 0.3) is 0 Å². The van der Waals surface area contributed by atoms with Crippen LogP contribution in [0.5, 0.6) is 0 Å². The minimum Gasteiger partial charge on any atom is -0.456 e. The maximum atomic E-state index is 5.78. The summed E-state index contributed by atoms with van der Waals surface area (Å²) < 4.78 is 17.1. The predicted octanol–water partition coefficient (Wildman–Crippen LogP) is 27.2. The Kier molecular flexibility index (Phi) is 18.9. The molecule has 0 bridgehead atoms. The van der Waals surface area contributed by atoms with Gasteiger partial charge in [-0.2, -0.15) is 0 Å². The lowest BCUT2D eigenvalue weighted by Crippen LogP contribution is -1.81. The maximum absolute atomic E-state index is 5.78. The minimum absolute atomic E-state index is 0.966. The first-order valence-corrected chi connectivity index (χ1v) is 33.6. The number of rotatable bonds is 4. The third-order valence-electron chi connectivity index (χ3n) is 17.0. The fraction of sp³-hybridized carbons (Fsp3) is 0.0667. The number of aryl methyl sites for hydroxylation is 6. The second-order valence-corrected chi connectivity index (χ2v) is 26.1. The van der Waals surface area contributed by atoms with Crippen molar-refractivity contribution < 1.29 is 8.83 Å². The molecule has 2 nitrogen and oxygen atoms in total. The van der Waals surface area contributed by atoms with Crippen molar-refractivity contribution in [2.45, 2.75) is 41.5 Å². The molecule has 0 saturated heterocycles. The standard InChI is InChI=1S/2C19H16.2C13H10O.2C13H10S/c1-15-6-5-9-19(14-15)18-12-10-17(11-13-18)16-7-3-2-4-8-16;1-15-7-9-17(10-8-15)19-13-11-18(12-14-19)16-5-3-2-4-6-16;1-9-5-4-7-11-10-6-2-3-8-12(10)14-13(9)11;1-9-6-7-13-11(8-9)10-4-2-3-5-12(10)14-13;1-9-5-4-7-11-10-6-2-3-8-12(10)14-13(9)11;1-9-6-7-13-11(8-9)10-4-2-3-5-12(10)14-13/h2*2-14H,1H3;4*2-8H,1H3. The summed E-state index contributed by atoms with van der Waals surface area (Å²) in [5.74, 6) is 0. The molecule has 94 heavy (non-hydrogen) atoms. The summed E-state index contributed by atoms with van der Waals surface area (Å²) in [5, 5.41) is 10.4. The van der Waals surface area contributed by atoms with Crippen molar-refractivity contribution in [2.24, 2.45) is 0 Å². The van der Waals surface area contributed by atoms with E-state index in [0.717, 1.165) is 22.3 Å². The van der Waals surface area contributed by atoms with Crippen LogP contribution in [0.1, 0.15) is 33.4 Å². The zero-order chi connectivity index (χ0) is 64.3. The number of hydrogen-bond acceptors (Lipinski definition) is 4. The van der Waals surface area contributed by atoms with Gasteiger partial charge in [0.1, 0.15) is 22.3 Å². The Morgan fingerprint density at radius 1 is 0.202 bits per heavy atom. The second-order valence-electron chi connectivity index (χ2n) is 23.9. The van der Waals surface area contributed by atoms with Crippen molar-refractivity contribution in [3.8, 4) is 44.5 Å². The van der Waals surface area contributed by atoms with E-state index in [1.807, 2.05) is 77.3 Å². The Balaban J connectivity index is 0.000000103. The first-order chi connectivity index (χ1) is 46.1. The molecule has 0 atom stereocenters. The molecule has 14 aromatic carbocycles. The number of benzene rings is 14. The first kappa shape index (κ1) is 62.0. The minimum atomic E-state index is 0.966. The fourth-order valence-corrected chi connectivity index (χ4v) is 14.3. The molecule has 456 valence electrons. The first-order valence-electron chi connectivity index (χ1n) is 32.0. The van der Waals surface area contributed by atoms with E-state index in [0.29, 0.717) is 0 Å². The van der Waals surface area contributed by atoms with E-state index in [9.17, 15) is 0 Å². The van der Waals surface area contributed by atoms with Crippen LogP contribution in [0.2, 0.25) is 0 Å².